The van der Waals surface area contributed by atoms with Crippen LogP contribution in [0, 0.1) is 0 Å². The number of ether oxygens (including phenoxy) is 1. The molecule has 0 aliphatic rings. The number of benzene rings is 1. The van der Waals surface area contributed by atoms with Crippen molar-refractivity contribution in [3.63, 3.8) is 0 Å². The Bertz CT molecular complexity index is 582. The molecule has 7 heteroatoms. The van der Waals surface area contributed by atoms with Crippen LogP contribution in [-0.4, -0.2) is 44.6 Å². The van der Waals surface area contributed by atoms with Gasteiger partial charge < -0.3 is 10.1 Å². The van der Waals surface area contributed by atoms with E-state index in [2.05, 4.69) is 5.32 Å². The third-order valence-corrected chi connectivity index (χ3v) is 4.27. The Hall–Kier alpha value is -1.60. The number of nitrogens with zero attached hydrogens (tertiary/aromatic N) is 1. The van der Waals surface area contributed by atoms with Crippen LogP contribution in [-0.2, 0) is 21.4 Å². The van der Waals surface area contributed by atoms with Crippen molar-refractivity contribution in [3.8, 4) is 5.75 Å². The number of carbonyl (C=O) groups is 1. The van der Waals surface area contributed by atoms with Crippen molar-refractivity contribution < 1.29 is 17.9 Å². The molecule has 1 N–H and O–H groups in total. The number of amides is 1. The van der Waals surface area contributed by atoms with Crippen LogP contribution in [0.5, 0.6) is 5.75 Å². The Balaban J connectivity index is 2.70. The first-order valence-electron chi connectivity index (χ1n) is 7.09. The van der Waals surface area contributed by atoms with Gasteiger partial charge in [0.05, 0.1) is 13.4 Å². The minimum absolute atomic E-state index is 0.0424. The minimum Gasteiger partial charge on any atom is -0.497 e. The maximum absolute atomic E-state index is 11.9. The molecule has 0 saturated carbocycles. The summed E-state index contributed by atoms with van der Waals surface area (Å²) < 4.78 is 30.1. The zero-order valence-electron chi connectivity index (χ0n) is 13.5. The number of sulfonamides is 1. The summed E-state index contributed by atoms with van der Waals surface area (Å²) in [5.74, 6) is 0.560. The van der Waals surface area contributed by atoms with E-state index in [1.165, 1.54) is 4.31 Å². The summed E-state index contributed by atoms with van der Waals surface area (Å²) in [4.78, 5) is 11.7. The quantitative estimate of drug-likeness (QED) is 0.782. The highest BCUT2D eigenvalue weighted by molar-refractivity contribution is 7.88. The number of methoxy groups -OCH3 is 1. The highest BCUT2D eigenvalue weighted by atomic mass is 32.2. The van der Waals surface area contributed by atoms with E-state index in [4.69, 9.17) is 4.74 Å². The molecule has 0 aliphatic heterocycles. The monoisotopic (exact) mass is 328 g/mol. The van der Waals surface area contributed by atoms with Gasteiger partial charge in [-0.05, 0) is 31.5 Å². The van der Waals surface area contributed by atoms with E-state index in [1.54, 1.807) is 19.2 Å². The normalized spacial score (nSPS) is 11.7. The maximum atomic E-state index is 11.9. The average molecular weight is 328 g/mol. The van der Waals surface area contributed by atoms with Crippen LogP contribution in [0.2, 0.25) is 0 Å². The first-order valence-corrected chi connectivity index (χ1v) is 8.94. The number of rotatable bonds is 8. The van der Waals surface area contributed by atoms with Gasteiger partial charge in [0, 0.05) is 25.6 Å². The Kier molecular flexibility index (Phi) is 6.83. The fourth-order valence-electron chi connectivity index (χ4n) is 1.92. The van der Waals surface area contributed by atoms with Gasteiger partial charge in [0.15, 0.2) is 0 Å². The van der Waals surface area contributed by atoms with Gasteiger partial charge in [-0.15, -0.1) is 0 Å². The molecule has 1 amide bonds. The fraction of sp³-hybridized carbons (Fsp3) is 0.533. The van der Waals surface area contributed by atoms with Gasteiger partial charge in [0.25, 0.3) is 0 Å². The molecule has 0 spiro atoms. The molecule has 0 bridgehead atoms. The highest BCUT2D eigenvalue weighted by Gasteiger charge is 2.18. The Labute approximate surface area is 132 Å². The van der Waals surface area contributed by atoms with Crippen LogP contribution >= 0.6 is 0 Å². The number of carbonyl (C=O) groups excluding carboxylic acids is 1. The summed E-state index contributed by atoms with van der Waals surface area (Å²) >= 11 is 0. The van der Waals surface area contributed by atoms with Crippen molar-refractivity contribution in [1.82, 2.24) is 9.62 Å². The van der Waals surface area contributed by atoms with Gasteiger partial charge in [0.1, 0.15) is 5.75 Å². The molecule has 0 atom stereocenters. The van der Waals surface area contributed by atoms with Crippen molar-refractivity contribution >= 4 is 15.9 Å². The van der Waals surface area contributed by atoms with E-state index in [-0.39, 0.29) is 31.5 Å². The molecule has 0 saturated heterocycles. The summed E-state index contributed by atoms with van der Waals surface area (Å²) in [6.45, 7) is 4.12. The van der Waals surface area contributed by atoms with Gasteiger partial charge >= 0.3 is 0 Å². The molecule has 6 nitrogen and oxygen atoms in total. The lowest BCUT2D eigenvalue weighted by Crippen LogP contribution is -2.36. The lowest BCUT2D eigenvalue weighted by molar-refractivity contribution is -0.121. The Morgan fingerprint density at radius 3 is 2.32 bits per heavy atom. The first-order chi connectivity index (χ1) is 10.2. The summed E-state index contributed by atoms with van der Waals surface area (Å²) in [7, 11) is -1.81. The van der Waals surface area contributed by atoms with Crippen LogP contribution in [0.25, 0.3) is 0 Å². The second-order valence-corrected chi connectivity index (χ2v) is 7.40. The molecule has 0 fully saturated rings. The molecule has 0 aliphatic carbocycles. The Morgan fingerprint density at radius 1 is 1.27 bits per heavy atom. The molecule has 1 aromatic rings. The van der Waals surface area contributed by atoms with Crippen molar-refractivity contribution in [2.24, 2.45) is 0 Å². The predicted octanol–water partition coefficient (Wildman–Crippen LogP) is 1.37. The smallest absolute Gasteiger partial charge is 0.221 e. The predicted molar refractivity (Wildman–Crippen MR) is 86.1 cm³/mol. The van der Waals surface area contributed by atoms with Crippen LogP contribution in [0.3, 0.4) is 0 Å². The first kappa shape index (κ1) is 18.4. The van der Waals surface area contributed by atoms with E-state index in [9.17, 15) is 13.2 Å². The molecule has 0 heterocycles. The molecule has 0 unspecified atom stereocenters. The zero-order chi connectivity index (χ0) is 16.8. The molecular formula is C15H24N2O4S. The van der Waals surface area contributed by atoms with Crippen molar-refractivity contribution in [2.45, 2.75) is 32.9 Å². The lowest BCUT2D eigenvalue weighted by Gasteiger charge is -2.20. The fourth-order valence-corrected chi connectivity index (χ4v) is 2.72. The minimum atomic E-state index is -3.38. The number of hydrogen-bond donors (Lipinski definition) is 1. The van der Waals surface area contributed by atoms with Gasteiger partial charge in [-0.3, -0.25) is 4.79 Å². The standard InChI is InChI=1S/C15H24N2O4S/c1-12(2)16-15(18)9-10-17(22(4,19)20)11-13-5-7-14(21-3)8-6-13/h5-8,12H,9-11H2,1-4H3,(H,16,18). The Morgan fingerprint density at radius 2 is 1.86 bits per heavy atom. The molecule has 0 aromatic heterocycles. The summed E-state index contributed by atoms with van der Waals surface area (Å²) in [5.41, 5.74) is 0.843. The van der Waals surface area contributed by atoms with E-state index in [1.807, 2.05) is 26.0 Å². The largest absolute Gasteiger partial charge is 0.497 e. The summed E-state index contributed by atoms with van der Waals surface area (Å²) in [6, 6.07) is 7.22. The third kappa shape index (κ3) is 6.44. The van der Waals surface area contributed by atoms with Crippen LogP contribution in [0.1, 0.15) is 25.8 Å². The zero-order valence-corrected chi connectivity index (χ0v) is 14.3. The molecule has 1 aromatic carbocycles. The topological polar surface area (TPSA) is 75.7 Å². The van der Waals surface area contributed by atoms with Crippen LogP contribution < -0.4 is 10.1 Å². The average Bonchev–Trinajstić information content (AvgIpc) is 2.42. The van der Waals surface area contributed by atoms with Gasteiger partial charge in [0.2, 0.25) is 15.9 Å². The molecular weight excluding hydrogens is 304 g/mol. The van der Waals surface area contributed by atoms with Gasteiger partial charge in [-0.1, -0.05) is 12.1 Å². The van der Waals surface area contributed by atoms with Crippen molar-refractivity contribution in [2.75, 3.05) is 19.9 Å². The van der Waals surface area contributed by atoms with E-state index < -0.39 is 10.0 Å². The van der Waals surface area contributed by atoms with Crippen LogP contribution in [0.15, 0.2) is 24.3 Å². The van der Waals surface area contributed by atoms with Gasteiger partial charge in [-0.2, -0.15) is 4.31 Å². The molecule has 124 valence electrons. The van der Waals surface area contributed by atoms with Crippen LogP contribution in [0.4, 0.5) is 0 Å². The van der Waals surface area contributed by atoms with E-state index in [0.717, 1.165) is 11.8 Å². The second kappa shape index (κ2) is 8.14. The summed E-state index contributed by atoms with van der Waals surface area (Å²) in [6.07, 6.45) is 1.29. The van der Waals surface area contributed by atoms with E-state index in [0.29, 0.717) is 5.75 Å². The number of hydrogen-bond acceptors (Lipinski definition) is 4. The molecule has 0 radical (unpaired) electrons. The third-order valence-electron chi connectivity index (χ3n) is 3.02. The van der Waals surface area contributed by atoms with Crippen molar-refractivity contribution in [3.05, 3.63) is 29.8 Å². The highest BCUT2D eigenvalue weighted by Crippen LogP contribution is 2.14. The maximum Gasteiger partial charge on any atom is 0.221 e. The van der Waals surface area contributed by atoms with E-state index >= 15 is 0 Å². The van der Waals surface area contributed by atoms with Gasteiger partial charge in [-0.25, -0.2) is 8.42 Å². The second-order valence-electron chi connectivity index (χ2n) is 5.42. The SMILES string of the molecule is COc1ccc(CN(CCC(=O)NC(C)C)S(C)(=O)=O)cc1. The lowest BCUT2D eigenvalue weighted by atomic mass is 10.2. The number of nitrogens with one attached hydrogen (secondary N) is 1. The molecule has 1 rings (SSSR count). The van der Waals surface area contributed by atoms with Crippen molar-refractivity contribution in [1.29, 1.82) is 0 Å². The molecule has 22 heavy (non-hydrogen) atoms. The summed E-state index contributed by atoms with van der Waals surface area (Å²) in [5, 5.41) is 2.75.